The summed E-state index contributed by atoms with van der Waals surface area (Å²) in [6, 6.07) is 21.5. The first-order chi connectivity index (χ1) is 21.5. The summed E-state index contributed by atoms with van der Waals surface area (Å²) in [7, 11) is -2.62. The van der Waals surface area contributed by atoms with Gasteiger partial charge in [0.25, 0.3) is 8.32 Å². The monoisotopic (exact) mass is 662 g/mol. The smallest absolute Gasteiger partial charge is 0.261 e. The average Bonchev–Trinajstić information content (AvgIpc) is 2.99. The predicted octanol–water partition coefficient (Wildman–Crippen LogP) is 9.26. The van der Waals surface area contributed by atoms with Crippen LogP contribution in [-0.4, -0.2) is 48.8 Å². The van der Waals surface area contributed by atoms with Gasteiger partial charge in [0.05, 0.1) is 12.7 Å². The highest BCUT2D eigenvalue weighted by atomic mass is 28.4. The summed E-state index contributed by atoms with van der Waals surface area (Å²) in [6.07, 6.45) is 8.68. The molecule has 0 spiro atoms. The van der Waals surface area contributed by atoms with Crippen LogP contribution in [0.5, 0.6) is 0 Å². The highest BCUT2D eigenvalue weighted by molar-refractivity contribution is 6.99. The van der Waals surface area contributed by atoms with Gasteiger partial charge in [-0.25, -0.2) is 0 Å². The van der Waals surface area contributed by atoms with Gasteiger partial charge in [-0.3, -0.25) is 4.79 Å². The van der Waals surface area contributed by atoms with Crippen LogP contribution in [0, 0.1) is 11.8 Å². The predicted molar refractivity (Wildman–Crippen MR) is 200 cm³/mol. The molecule has 0 N–H and O–H groups in total. The molecule has 1 fully saturated rings. The molecule has 254 valence electrons. The number of benzene rings is 2. The van der Waals surface area contributed by atoms with Crippen molar-refractivity contribution < 1.29 is 18.4 Å². The van der Waals surface area contributed by atoms with E-state index in [0.29, 0.717) is 25.6 Å². The summed E-state index contributed by atoms with van der Waals surface area (Å²) < 4.78 is 19.5. The Kier molecular flexibility index (Phi) is 13.6. The van der Waals surface area contributed by atoms with Crippen molar-refractivity contribution in [1.82, 2.24) is 0 Å². The number of ether oxygens (including phenoxy) is 1. The summed E-state index contributed by atoms with van der Waals surface area (Å²) in [4.78, 5) is 13.6. The normalized spacial score (nSPS) is 20.5. The van der Waals surface area contributed by atoms with Crippen LogP contribution >= 0.6 is 0 Å². The van der Waals surface area contributed by atoms with Crippen LogP contribution in [0.1, 0.15) is 87.5 Å². The summed E-state index contributed by atoms with van der Waals surface area (Å²) in [6.45, 7) is 23.8. The molecule has 0 aromatic heterocycles. The summed E-state index contributed by atoms with van der Waals surface area (Å²) in [5.41, 5.74) is 2.40. The number of allylic oxidation sites excluding steroid dienone is 2. The minimum Gasteiger partial charge on any atom is -0.413 e. The lowest BCUT2D eigenvalue weighted by Crippen LogP contribution is -2.66. The van der Waals surface area contributed by atoms with Gasteiger partial charge < -0.3 is 13.6 Å². The second-order valence-corrected chi connectivity index (χ2v) is 25.0. The second kappa shape index (κ2) is 16.3. The van der Waals surface area contributed by atoms with Crippen molar-refractivity contribution in [2.24, 2.45) is 11.8 Å². The molecule has 0 radical (unpaired) electrons. The van der Waals surface area contributed by atoms with Gasteiger partial charge in [0.2, 0.25) is 0 Å². The minimum atomic E-state index is -2.60. The van der Waals surface area contributed by atoms with Gasteiger partial charge in [0.15, 0.2) is 14.1 Å². The fraction of sp³-hybridized carbons (Fsp3) is 0.575. The molecule has 0 heterocycles. The molecule has 1 aliphatic carbocycles. The lowest BCUT2D eigenvalue weighted by molar-refractivity contribution is -0.118. The maximum atomic E-state index is 13.6. The zero-order valence-electron chi connectivity index (χ0n) is 30.7. The van der Waals surface area contributed by atoms with Crippen LogP contribution in [0.15, 0.2) is 84.0 Å². The van der Waals surface area contributed by atoms with E-state index in [1.54, 1.807) is 7.11 Å². The van der Waals surface area contributed by atoms with Gasteiger partial charge in [-0.15, -0.1) is 0 Å². The molecule has 0 bridgehead atoms. The van der Waals surface area contributed by atoms with Gasteiger partial charge in [0, 0.05) is 20.1 Å². The van der Waals surface area contributed by atoms with Gasteiger partial charge in [-0.05, 0) is 84.6 Å². The number of methoxy groups -OCH3 is 1. The van der Waals surface area contributed by atoms with E-state index in [9.17, 15) is 4.79 Å². The van der Waals surface area contributed by atoms with Crippen LogP contribution in [0.25, 0.3) is 0 Å². The van der Waals surface area contributed by atoms with E-state index in [4.69, 9.17) is 13.6 Å². The van der Waals surface area contributed by atoms with Gasteiger partial charge >= 0.3 is 0 Å². The van der Waals surface area contributed by atoms with E-state index in [1.165, 1.54) is 15.9 Å². The Morgan fingerprint density at radius 1 is 0.848 bits per heavy atom. The molecule has 3 rings (SSSR count). The van der Waals surface area contributed by atoms with E-state index >= 15 is 0 Å². The Morgan fingerprint density at radius 3 is 1.91 bits per heavy atom. The maximum absolute atomic E-state index is 13.6. The Hall–Kier alpha value is -2.10. The molecule has 1 saturated carbocycles. The third-order valence-corrected chi connectivity index (χ3v) is 20.2. The molecular weight excluding hydrogens is 601 g/mol. The standard InChI is InChI=1S/C40H62O4Si2/c1-31(25-27-44-46(40(6,7)8,34-19-14-12-15-20-34)35-21-16-13-17-22-35)29-33(41)30-37-36(23-18-24-38(37)42-9)32(2)26-28-43-45(10,11)39(3,4)5/h12-17,19-22,26,29,36-38H,18,23-25,27-28,30H2,1-11H3/b31-29+,32-26+/t36-,37-,38+/m0/s1. The lowest BCUT2D eigenvalue weighted by Gasteiger charge is -2.43. The van der Waals surface area contributed by atoms with Crippen molar-refractivity contribution in [3.63, 3.8) is 0 Å². The van der Waals surface area contributed by atoms with Crippen LogP contribution in [0.2, 0.25) is 23.2 Å². The van der Waals surface area contributed by atoms with E-state index < -0.39 is 16.6 Å². The van der Waals surface area contributed by atoms with Crippen molar-refractivity contribution in [1.29, 1.82) is 0 Å². The number of hydrogen-bond donors (Lipinski definition) is 0. The summed E-state index contributed by atoms with van der Waals surface area (Å²) in [5.74, 6) is 0.692. The molecule has 0 saturated heterocycles. The van der Waals surface area contributed by atoms with Crippen molar-refractivity contribution in [2.75, 3.05) is 20.3 Å². The zero-order chi connectivity index (χ0) is 34.2. The van der Waals surface area contributed by atoms with E-state index in [0.717, 1.165) is 31.3 Å². The molecule has 0 unspecified atom stereocenters. The molecule has 2 aromatic carbocycles. The molecule has 4 nitrogen and oxygen atoms in total. The van der Waals surface area contributed by atoms with E-state index in [-0.39, 0.29) is 27.9 Å². The largest absolute Gasteiger partial charge is 0.413 e. The maximum Gasteiger partial charge on any atom is 0.261 e. The number of carbonyl (C=O) groups excluding carboxylic acids is 1. The zero-order valence-corrected chi connectivity index (χ0v) is 32.7. The first-order valence-corrected chi connectivity index (χ1v) is 22.1. The third kappa shape index (κ3) is 9.50. The van der Waals surface area contributed by atoms with Crippen LogP contribution < -0.4 is 10.4 Å². The van der Waals surface area contributed by atoms with Crippen LogP contribution in [-0.2, 0) is 18.4 Å². The fourth-order valence-corrected chi connectivity index (χ4v) is 12.4. The van der Waals surface area contributed by atoms with Crippen molar-refractivity contribution in [3.05, 3.63) is 84.0 Å². The van der Waals surface area contributed by atoms with Crippen LogP contribution in [0.4, 0.5) is 0 Å². The third-order valence-electron chi connectivity index (χ3n) is 10.6. The summed E-state index contributed by atoms with van der Waals surface area (Å²) >= 11 is 0. The van der Waals surface area contributed by atoms with Gasteiger partial charge in [-0.1, -0.05) is 126 Å². The van der Waals surface area contributed by atoms with Crippen molar-refractivity contribution in [2.45, 2.75) is 117 Å². The SMILES string of the molecule is CO[C@@H]1CCC[C@@H](/C(C)=C/CO[Si](C)(C)C(C)(C)C)[C@@H]1CC(=O)/C=C(\C)CCO[Si](c1ccccc1)(c1ccccc1)C(C)(C)C. The van der Waals surface area contributed by atoms with Gasteiger partial charge in [-0.2, -0.15) is 0 Å². The molecule has 46 heavy (non-hydrogen) atoms. The quantitative estimate of drug-likeness (QED) is 0.115. The highest BCUT2D eigenvalue weighted by Gasteiger charge is 2.50. The Balaban J connectivity index is 1.73. The molecule has 3 atom stereocenters. The number of carbonyl (C=O) groups is 1. The molecule has 2 aromatic rings. The fourth-order valence-electron chi connectivity index (χ4n) is 6.87. The molecule has 0 amide bonds. The Bertz CT molecular complexity index is 1260. The van der Waals surface area contributed by atoms with Crippen molar-refractivity contribution >= 4 is 32.8 Å². The van der Waals surface area contributed by atoms with Gasteiger partial charge in [0.1, 0.15) is 0 Å². The van der Waals surface area contributed by atoms with E-state index in [2.05, 4.69) is 135 Å². The molecule has 6 heteroatoms. The second-order valence-electron chi connectivity index (χ2n) is 15.9. The Labute approximate surface area is 283 Å². The number of ketones is 1. The Morgan fingerprint density at radius 2 is 1.41 bits per heavy atom. The molecular formula is C40H62O4Si2. The van der Waals surface area contributed by atoms with Crippen molar-refractivity contribution in [3.8, 4) is 0 Å². The topological polar surface area (TPSA) is 44.8 Å². The number of rotatable bonds is 14. The molecule has 0 aliphatic heterocycles. The minimum absolute atomic E-state index is 0.0740. The lowest BCUT2D eigenvalue weighted by atomic mass is 9.71. The number of hydrogen-bond acceptors (Lipinski definition) is 4. The van der Waals surface area contributed by atoms with E-state index in [1.807, 2.05) is 6.08 Å². The first kappa shape index (κ1) is 38.4. The first-order valence-electron chi connectivity index (χ1n) is 17.3. The summed E-state index contributed by atoms with van der Waals surface area (Å²) in [5, 5.41) is 2.66. The highest BCUT2D eigenvalue weighted by Crippen LogP contribution is 2.40. The molecule has 1 aliphatic rings. The van der Waals surface area contributed by atoms with Crippen LogP contribution in [0.3, 0.4) is 0 Å². The average molecular weight is 663 g/mol.